The molecule has 4 amide bonds. The summed E-state index contributed by atoms with van der Waals surface area (Å²) in [5, 5.41) is 11.4. The SMILES string of the molecule is O=C(COc1ccc(Cl)c(F)c1)NC12CCC(NC(=O)COc3ccc(Cl)c(F)c3)(CC1)[C@@H](OC(=O)O[C@H]1CC3(NC(=O)COc4ccc(Cl)c(F)c4)CCC1(NC(=O)COc1ccc(Cl)c(F)c1)CC3)C2. The minimum atomic E-state index is -1.22. The van der Waals surface area contributed by atoms with Gasteiger partial charge >= 0.3 is 6.16 Å². The standard InChI is InChI=1S/C49H46Cl4F4N4O11/c50-31-5-1-27(17-35(31)54)67-23-41(62)58-46-9-13-48(14-10-46,60-43(64)25-69-29-3-7-33(52)37(56)19-29)39(21-46)71-45(66)72-40-22-47(59-42(63)24-68-28-2-6-32(51)36(55)18-28)11-15-49(40,16-12-47)61-44(65)26-70-30-4-8-34(53)38(57)20-30/h1-8,17-20,39-40H,9-16,21-26H2,(H,58,62)(H,59,63)(H,60,64)(H,61,65)/t39-,40-,46?,47?,48?,49?/m0/s1. The van der Waals surface area contributed by atoms with E-state index in [1.807, 2.05) is 0 Å². The minimum absolute atomic E-state index is 0.0142. The van der Waals surface area contributed by atoms with Crippen LogP contribution in [0.3, 0.4) is 0 Å². The van der Waals surface area contributed by atoms with Crippen LogP contribution in [0.2, 0.25) is 20.1 Å². The van der Waals surface area contributed by atoms with E-state index in [0.29, 0.717) is 25.7 Å². The molecule has 0 unspecified atom stereocenters. The highest BCUT2D eigenvalue weighted by molar-refractivity contribution is 6.31. The molecule has 23 heteroatoms. The van der Waals surface area contributed by atoms with Gasteiger partial charge in [-0.15, -0.1) is 0 Å². The molecule has 6 saturated carbocycles. The van der Waals surface area contributed by atoms with Crippen molar-refractivity contribution in [3.8, 4) is 23.0 Å². The van der Waals surface area contributed by atoms with Crippen molar-refractivity contribution in [2.24, 2.45) is 0 Å². The lowest BCUT2D eigenvalue weighted by atomic mass is 9.59. The summed E-state index contributed by atoms with van der Waals surface area (Å²) in [6.45, 7) is -2.11. The zero-order valence-electron chi connectivity index (χ0n) is 38.0. The normalized spacial score (nSPS) is 24.8. The molecule has 4 N–H and O–H groups in total. The molecule has 384 valence electrons. The smallest absolute Gasteiger partial charge is 0.484 e. The molecule has 0 aliphatic heterocycles. The molecule has 0 spiro atoms. The van der Waals surface area contributed by atoms with Gasteiger partial charge in [0.1, 0.15) is 58.5 Å². The quantitative estimate of drug-likeness (QED) is 0.0551. The van der Waals surface area contributed by atoms with Gasteiger partial charge in [0.25, 0.3) is 23.6 Å². The number of nitrogens with one attached hydrogen (secondary N) is 4. The van der Waals surface area contributed by atoms with E-state index in [4.69, 9.17) is 74.8 Å². The van der Waals surface area contributed by atoms with E-state index in [1.54, 1.807) is 0 Å². The van der Waals surface area contributed by atoms with Crippen molar-refractivity contribution >= 4 is 76.2 Å². The molecule has 72 heavy (non-hydrogen) atoms. The van der Waals surface area contributed by atoms with E-state index < -0.39 is 114 Å². The van der Waals surface area contributed by atoms with E-state index in [9.17, 15) is 41.5 Å². The first kappa shape index (κ1) is 52.4. The summed E-state index contributed by atoms with van der Waals surface area (Å²) >= 11 is 23.2. The summed E-state index contributed by atoms with van der Waals surface area (Å²) in [5.74, 6) is -5.19. The molecule has 0 radical (unpaired) electrons. The Bertz CT molecular complexity index is 2560. The van der Waals surface area contributed by atoms with Gasteiger partial charge in [0.05, 0.1) is 31.2 Å². The van der Waals surface area contributed by atoms with E-state index in [-0.39, 0.29) is 81.6 Å². The Morgan fingerprint density at radius 3 is 0.958 bits per heavy atom. The number of halogens is 8. The van der Waals surface area contributed by atoms with Crippen LogP contribution in [0.4, 0.5) is 22.4 Å². The van der Waals surface area contributed by atoms with Gasteiger partial charge < -0.3 is 49.7 Å². The Balaban J connectivity index is 0.991. The molecule has 6 fully saturated rings. The minimum Gasteiger partial charge on any atom is -0.484 e. The zero-order valence-corrected chi connectivity index (χ0v) is 41.0. The Hall–Kier alpha value is -5.89. The Labute approximate surface area is 429 Å². The van der Waals surface area contributed by atoms with E-state index in [2.05, 4.69) is 21.3 Å². The predicted molar refractivity (Wildman–Crippen MR) is 252 cm³/mol. The molecule has 4 aromatic carbocycles. The molecular formula is C49H46Cl4F4N4O11. The lowest BCUT2D eigenvalue weighted by molar-refractivity contribution is -0.147. The average molecular weight is 1080 g/mol. The van der Waals surface area contributed by atoms with Gasteiger partial charge in [-0.2, -0.15) is 0 Å². The first-order valence-corrected chi connectivity index (χ1v) is 24.2. The Kier molecular flexibility index (Phi) is 15.8. The van der Waals surface area contributed by atoms with Crippen molar-refractivity contribution in [2.45, 2.75) is 98.6 Å². The van der Waals surface area contributed by atoms with Gasteiger partial charge in [-0.3, -0.25) is 19.2 Å². The number of rotatable bonds is 18. The predicted octanol–water partition coefficient (Wildman–Crippen LogP) is 8.74. The highest BCUT2D eigenvalue weighted by Gasteiger charge is 2.60. The summed E-state index contributed by atoms with van der Waals surface area (Å²) in [6.07, 6.45) is -1.49. The summed E-state index contributed by atoms with van der Waals surface area (Å²) in [4.78, 5) is 68.3. The first-order valence-electron chi connectivity index (χ1n) is 22.7. The molecule has 6 aliphatic carbocycles. The molecule has 2 atom stereocenters. The highest BCUT2D eigenvalue weighted by atomic mass is 35.5. The van der Waals surface area contributed by atoms with Gasteiger partial charge in [-0.25, -0.2) is 22.4 Å². The van der Waals surface area contributed by atoms with Crippen LogP contribution in [0.1, 0.15) is 64.2 Å². The Morgan fingerprint density at radius 2 is 0.694 bits per heavy atom. The molecular weight excluding hydrogens is 1040 g/mol. The van der Waals surface area contributed by atoms with E-state index in [0.717, 1.165) is 24.3 Å². The van der Waals surface area contributed by atoms with Crippen molar-refractivity contribution in [3.63, 3.8) is 0 Å². The fraction of sp³-hybridized carbons (Fsp3) is 0.408. The number of ether oxygens (including phenoxy) is 6. The molecule has 6 aliphatic rings. The summed E-state index contributed by atoms with van der Waals surface area (Å²) in [6, 6.07) is 14.8. The van der Waals surface area contributed by atoms with Crippen LogP contribution in [0.15, 0.2) is 72.8 Å². The number of hydrogen-bond donors (Lipinski definition) is 4. The maximum atomic E-state index is 14.3. The van der Waals surface area contributed by atoms with Crippen LogP contribution in [0.25, 0.3) is 0 Å². The number of carbonyl (C=O) groups is 5. The maximum absolute atomic E-state index is 14.3. The first-order chi connectivity index (χ1) is 34.2. The van der Waals surface area contributed by atoms with Crippen LogP contribution in [0, 0.1) is 23.3 Å². The molecule has 4 bridgehead atoms. The van der Waals surface area contributed by atoms with Gasteiger partial charge in [0.15, 0.2) is 26.4 Å². The third kappa shape index (κ3) is 12.3. The largest absolute Gasteiger partial charge is 0.508 e. The summed E-state index contributed by atoms with van der Waals surface area (Å²) < 4.78 is 91.0. The van der Waals surface area contributed by atoms with Crippen molar-refractivity contribution in [2.75, 3.05) is 26.4 Å². The third-order valence-electron chi connectivity index (χ3n) is 13.7. The zero-order chi connectivity index (χ0) is 51.4. The number of carbonyl (C=O) groups excluding carboxylic acids is 5. The molecule has 0 heterocycles. The second-order valence-electron chi connectivity index (χ2n) is 18.4. The average Bonchev–Trinajstić information content (AvgIpc) is 3.34. The molecule has 15 nitrogen and oxygen atoms in total. The molecule has 0 aromatic heterocycles. The molecule has 10 rings (SSSR count). The number of hydrogen-bond acceptors (Lipinski definition) is 11. The molecule has 4 aromatic rings. The fourth-order valence-corrected chi connectivity index (χ4v) is 10.5. The summed E-state index contributed by atoms with van der Waals surface area (Å²) in [5.41, 5.74) is -4.37. The van der Waals surface area contributed by atoms with Crippen molar-refractivity contribution in [3.05, 3.63) is 116 Å². The van der Waals surface area contributed by atoms with Crippen molar-refractivity contribution in [1.82, 2.24) is 21.3 Å². The van der Waals surface area contributed by atoms with Crippen molar-refractivity contribution in [1.29, 1.82) is 0 Å². The van der Waals surface area contributed by atoms with Gasteiger partial charge in [-0.1, -0.05) is 46.4 Å². The maximum Gasteiger partial charge on any atom is 0.508 e. The second kappa shape index (κ2) is 21.7. The van der Waals surface area contributed by atoms with Crippen LogP contribution in [0.5, 0.6) is 23.0 Å². The second-order valence-corrected chi connectivity index (χ2v) is 20.0. The monoisotopic (exact) mass is 1080 g/mol. The van der Waals surface area contributed by atoms with Crippen LogP contribution in [-0.4, -0.2) is 90.6 Å². The van der Waals surface area contributed by atoms with Crippen LogP contribution >= 0.6 is 46.4 Å². The highest BCUT2D eigenvalue weighted by Crippen LogP contribution is 2.51. The lowest BCUT2D eigenvalue weighted by Gasteiger charge is -2.58. The van der Waals surface area contributed by atoms with E-state index >= 15 is 0 Å². The van der Waals surface area contributed by atoms with Crippen LogP contribution in [-0.2, 0) is 28.7 Å². The summed E-state index contributed by atoms with van der Waals surface area (Å²) in [7, 11) is 0. The van der Waals surface area contributed by atoms with E-state index in [1.165, 1.54) is 48.5 Å². The molecule has 0 saturated heterocycles. The number of fused-ring (bicyclic) bond motifs is 6. The fourth-order valence-electron chi connectivity index (χ4n) is 9.99. The lowest BCUT2D eigenvalue weighted by Crippen LogP contribution is -2.72. The Morgan fingerprint density at radius 1 is 0.431 bits per heavy atom. The van der Waals surface area contributed by atoms with Gasteiger partial charge in [-0.05, 0) is 99.9 Å². The van der Waals surface area contributed by atoms with Gasteiger partial charge in [0.2, 0.25) is 0 Å². The number of benzene rings is 4. The number of amides is 4. The van der Waals surface area contributed by atoms with Crippen LogP contribution < -0.4 is 40.2 Å². The van der Waals surface area contributed by atoms with Gasteiger partial charge in [0, 0.05) is 48.2 Å². The third-order valence-corrected chi connectivity index (χ3v) is 14.9. The van der Waals surface area contributed by atoms with Crippen molar-refractivity contribution < 1.29 is 70.0 Å². The topological polar surface area (TPSA) is 189 Å².